The number of nitrogens with one attached hydrogen (secondary N) is 1. The molecule has 0 radical (unpaired) electrons. The molecule has 0 atom stereocenters. The molecule has 4 rings (SSSR count). The first-order valence-electron chi connectivity index (χ1n) is 16.2. The molecule has 0 saturated heterocycles. The molecule has 0 aliphatic heterocycles. The average Bonchev–Trinajstić information content (AvgIpc) is 3.10. The first-order valence-corrected chi connectivity index (χ1v) is 16.2. The summed E-state index contributed by atoms with van der Waals surface area (Å²) in [5.41, 5.74) is 0.241. The van der Waals surface area contributed by atoms with Crippen LogP contribution in [-0.4, -0.2) is 62.6 Å². The first kappa shape index (κ1) is 38.3. The fraction of sp³-hybridized carbons (Fsp3) is 0.282. The third kappa shape index (κ3) is 9.40. The van der Waals surface area contributed by atoms with Gasteiger partial charge >= 0.3 is 24.1 Å². The zero-order valence-corrected chi connectivity index (χ0v) is 28.7. The highest BCUT2D eigenvalue weighted by atomic mass is 19.4. The summed E-state index contributed by atoms with van der Waals surface area (Å²) < 4.78 is 55.5. The Labute approximate surface area is 294 Å². The molecule has 4 aromatic rings. The molecule has 0 spiro atoms. The van der Waals surface area contributed by atoms with Crippen molar-refractivity contribution in [2.75, 3.05) is 39.2 Å². The van der Waals surface area contributed by atoms with Gasteiger partial charge in [-0.25, -0.2) is 0 Å². The predicted molar refractivity (Wildman–Crippen MR) is 185 cm³/mol. The molecular weight excluding hydrogens is 665 g/mol. The van der Waals surface area contributed by atoms with Crippen LogP contribution in [0.4, 0.5) is 18.9 Å². The third-order valence-corrected chi connectivity index (χ3v) is 7.91. The van der Waals surface area contributed by atoms with Gasteiger partial charge in [0.05, 0.1) is 25.2 Å². The van der Waals surface area contributed by atoms with Gasteiger partial charge in [-0.1, -0.05) is 72.8 Å². The van der Waals surface area contributed by atoms with Crippen molar-refractivity contribution >= 4 is 29.5 Å². The quantitative estimate of drug-likeness (QED) is 0.0864. The molecule has 0 aliphatic rings. The zero-order valence-electron chi connectivity index (χ0n) is 28.7. The second-order valence-corrected chi connectivity index (χ2v) is 11.9. The fourth-order valence-electron chi connectivity index (χ4n) is 5.47. The Hall–Kier alpha value is -5.49. The van der Waals surface area contributed by atoms with Crippen molar-refractivity contribution in [2.24, 2.45) is 0 Å². The first-order chi connectivity index (χ1) is 24.3. The van der Waals surface area contributed by atoms with Crippen molar-refractivity contribution in [1.82, 2.24) is 4.90 Å². The Morgan fingerprint density at radius 3 is 1.92 bits per heavy atom. The van der Waals surface area contributed by atoms with E-state index in [0.29, 0.717) is 34.5 Å². The van der Waals surface area contributed by atoms with Gasteiger partial charge in [0.2, 0.25) is 5.41 Å². The summed E-state index contributed by atoms with van der Waals surface area (Å²) in [6.45, 7) is 2.89. The van der Waals surface area contributed by atoms with Crippen molar-refractivity contribution < 1.29 is 46.6 Å². The number of hydrogen-bond acceptors (Lipinski definition) is 8. The van der Waals surface area contributed by atoms with Gasteiger partial charge in [-0.15, -0.1) is 0 Å². The maximum atomic E-state index is 13.6. The zero-order chi connectivity index (χ0) is 37.2. The van der Waals surface area contributed by atoms with Crippen LogP contribution in [0, 0.1) is 0 Å². The van der Waals surface area contributed by atoms with E-state index in [1.807, 2.05) is 19.0 Å². The second kappa shape index (κ2) is 16.9. The predicted octanol–water partition coefficient (Wildman–Crippen LogP) is 6.84. The standard InChI is InChI=1S/C39H39F3N2O7/c1-5-49-36(47)38(37(48)50-6-2,29-12-8-7-9-13-29)25-51-34(45)23-26-16-21-33(28(22-26)24-44(3)4)43-35(46)32-15-11-10-14-31(32)27-17-19-30(20-18-27)39(40,41)42/h7-22H,5-6,23-25H2,1-4H3,(H,43,46). The lowest BCUT2D eigenvalue weighted by Gasteiger charge is -2.29. The molecule has 0 saturated carbocycles. The Bertz CT molecular complexity index is 1820. The van der Waals surface area contributed by atoms with Gasteiger partial charge in [0.15, 0.2) is 0 Å². The van der Waals surface area contributed by atoms with Gasteiger partial charge in [0, 0.05) is 17.8 Å². The minimum Gasteiger partial charge on any atom is -0.465 e. The second-order valence-electron chi connectivity index (χ2n) is 11.9. The summed E-state index contributed by atoms with van der Waals surface area (Å²) in [5, 5.41) is 2.91. The smallest absolute Gasteiger partial charge is 0.416 e. The van der Waals surface area contributed by atoms with Crippen LogP contribution in [0.15, 0.2) is 97.1 Å². The van der Waals surface area contributed by atoms with E-state index in [4.69, 9.17) is 14.2 Å². The van der Waals surface area contributed by atoms with Gasteiger partial charge in [0.1, 0.15) is 6.61 Å². The molecule has 0 fully saturated rings. The largest absolute Gasteiger partial charge is 0.465 e. The number of carbonyl (C=O) groups excluding carboxylic acids is 4. The van der Waals surface area contributed by atoms with Crippen LogP contribution in [-0.2, 0) is 53.2 Å². The van der Waals surface area contributed by atoms with Crippen LogP contribution in [0.5, 0.6) is 0 Å². The monoisotopic (exact) mass is 704 g/mol. The summed E-state index contributed by atoms with van der Waals surface area (Å²) in [6.07, 6.45) is -4.71. The molecule has 9 nitrogen and oxygen atoms in total. The minimum atomic E-state index is -4.49. The van der Waals surface area contributed by atoms with Crippen LogP contribution >= 0.6 is 0 Å². The summed E-state index contributed by atoms with van der Waals surface area (Å²) in [5.74, 6) is -3.01. The molecule has 0 aliphatic carbocycles. The normalized spacial score (nSPS) is 11.5. The molecule has 268 valence electrons. The number of hydrogen-bond donors (Lipinski definition) is 1. The highest BCUT2D eigenvalue weighted by Gasteiger charge is 2.52. The highest BCUT2D eigenvalue weighted by molar-refractivity contribution is 6.09. The van der Waals surface area contributed by atoms with Crippen LogP contribution in [0.3, 0.4) is 0 Å². The number of amides is 1. The molecule has 4 aromatic carbocycles. The van der Waals surface area contributed by atoms with E-state index in [0.717, 1.165) is 12.1 Å². The lowest BCUT2D eigenvalue weighted by Crippen LogP contribution is -2.50. The van der Waals surface area contributed by atoms with E-state index >= 15 is 0 Å². The van der Waals surface area contributed by atoms with E-state index in [2.05, 4.69) is 5.32 Å². The number of ether oxygens (including phenoxy) is 3. The van der Waals surface area contributed by atoms with E-state index in [1.54, 1.807) is 86.6 Å². The van der Waals surface area contributed by atoms with Crippen LogP contribution < -0.4 is 5.32 Å². The SMILES string of the molecule is CCOC(=O)C(COC(=O)Cc1ccc(NC(=O)c2ccccc2-c2ccc(C(F)(F)F)cc2)c(CN(C)C)c1)(C(=O)OCC)c1ccccc1. The number of anilines is 1. The third-order valence-electron chi connectivity index (χ3n) is 7.91. The van der Waals surface area contributed by atoms with Crippen molar-refractivity contribution in [3.63, 3.8) is 0 Å². The number of nitrogens with zero attached hydrogens (tertiary/aromatic N) is 1. The van der Waals surface area contributed by atoms with Gasteiger partial charge in [-0.3, -0.25) is 19.2 Å². The fourth-order valence-corrected chi connectivity index (χ4v) is 5.47. The van der Waals surface area contributed by atoms with Crippen LogP contribution in [0.2, 0.25) is 0 Å². The lowest BCUT2D eigenvalue weighted by molar-refractivity contribution is -0.170. The Morgan fingerprint density at radius 2 is 1.33 bits per heavy atom. The Morgan fingerprint density at radius 1 is 0.725 bits per heavy atom. The summed E-state index contributed by atoms with van der Waals surface area (Å²) >= 11 is 0. The van der Waals surface area contributed by atoms with Crippen molar-refractivity contribution in [3.05, 3.63) is 125 Å². The maximum Gasteiger partial charge on any atom is 0.416 e. The Kier molecular flexibility index (Phi) is 12.7. The molecule has 1 amide bonds. The molecule has 12 heteroatoms. The molecule has 51 heavy (non-hydrogen) atoms. The minimum absolute atomic E-state index is 0.0149. The number of esters is 3. The number of benzene rings is 4. The lowest BCUT2D eigenvalue weighted by atomic mass is 9.81. The van der Waals surface area contributed by atoms with E-state index in [1.165, 1.54) is 12.1 Å². The number of carbonyl (C=O) groups is 4. The Balaban J connectivity index is 1.56. The van der Waals surface area contributed by atoms with Gasteiger partial charge < -0.3 is 24.4 Å². The highest BCUT2D eigenvalue weighted by Crippen LogP contribution is 2.33. The van der Waals surface area contributed by atoms with E-state index in [9.17, 15) is 32.3 Å². The molecule has 0 unspecified atom stereocenters. The molecule has 1 N–H and O–H groups in total. The van der Waals surface area contributed by atoms with Gasteiger partial charge in [-0.2, -0.15) is 13.2 Å². The number of alkyl halides is 3. The molecule has 0 bridgehead atoms. The average molecular weight is 705 g/mol. The molecule has 0 heterocycles. The topological polar surface area (TPSA) is 111 Å². The molecular formula is C39H39F3N2O7. The summed E-state index contributed by atoms with van der Waals surface area (Å²) in [7, 11) is 3.67. The van der Waals surface area contributed by atoms with Crippen LogP contribution in [0.1, 0.15) is 46.5 Å². The number of halogens is 3. The summed E-state index contributed by atoms with van der Waals surface area (Å²) in [6, 6.07) is 24.3. The van der Waals surface area contributed by atoms with Crippen molar-refractivity contribution in [3.8, 4) is 11.1 Å². The maximum absolute atomic E-state index is 13.6. The summed E-state index contributed by atoms with van der Waals surface area (Å²) in [4.78, 5) is 55.2. The van der Waals surface area contributed by atoms with Gasteiger partial charge in [0.25, 0.3) is 5.91 Å². The van der Waals surface area contributed by atoms with Crippen molar-refractivity contribution in [1.29, 1.82) is 0 Å². The van der Waals surface area contributed by atoms with E-state index < -0.39 is 47.6 Å². The van der Waals surface area contributed by atoms with Gasteiger partial charge in [-0.05, 0) is 80.0 Å². The van der Waals surface area contributed by atoms with Crippen molar-refractivity contribution in [2.45, 2.75) is 38.4 Å². The number of rotatable bonds is 14. The van der Waals surface area contributed by atoms with Crippen LogP contribution in [0.25, 0.3) is 11.1 Å². The molecule has 0 aromatic heterocycles. The van der Waals surface area contributed by atoms with E-state index in [-0.39, 0.29) is 30.8 Å².